The van der Waals surface area contributed by atoms with Crippen molar-refractivity contribution >= 4 is 17.8 Å². The standard InChI is InChI=1S/C22H30N4O3/c1-17(27)25-11-7-19(8-12-25)16-26-20(28)22(23-21(26)29)9-13-24(14-10-22)15-18-5-3-2-4-6-18/h2-6,19H,7-16H2,1H3,(H,23,29). The van der Waals surface area contributed by atoms with Gasteiger partial charge in [-0.3, -0.25) is 19.4 Å². The van der Waals surface area contributed by atoms with Crippen molar-refractivity contribution < 1.29 is 14.4 Å². The number of urea groups is 1. The smallest absolute Gasteiger partial charge is 0.325 e. The molecule has 3 fully saturated rings. The maximum absolute atomic E-state index is 13.2. The number of likely N-dealkylation sites (tertiary alicyclic amines) is 2. The lowest BCUT2D eigenvalue weighted by Gasteiger charge is -2.37. The van der Waals surface area contributed by atoms with Crippen LogP contribution in [0.1, 0.15) is 38.2 Å². The topological polar surface area (TPSA) is 73.0 Å². The first-order chi connectivity index (χ1) is 14.0. The number of hydrogen-bond donors (Lipinski definition) is 1. The predicted molar refractivity (Wildman–Crippen MR) is 109 cm³/mol. The lowest BCUT2D eigenvalue weighted by molar-refractivity contribution is -0.134. The second kappa shape index (κ2) is 8.14. The van der Waals surface area contributed by atoms with E-state index in [0.717, 1.165) is 32.5 Å². The Hall–Kier alpha value is -2.41. The van der Waals surface area contributed by atoms with Crippen molar-refractivity contribution in [1.82, 2.24) is 20.0 Å². The van der Waals surface area contributed by atoms with Crippen LogP contribution < -0.4 is 5.32 Å². The molecule has 0 aromatic heterocycles. The van der Waals surface area contributed by atoms with Gasteiger partial charge in [0, 0.05) is 46.2 Å². The van der Waals surface area contributed by atoms with Crippen LogP contribution in [-0.4, -0.2) is 70.8 Å². The third-order valence-corrected chi connectivity index (χ3v) is 6.71. The molecule has 29 heavy (non-hydrogen) atoms. The van der Waals surface area contributed by atoms with Crippen LogP contribution in [0, 0.1) is 5.92 Å². The van der Waals surface area contributed by atoms with Crippen molar-refractivity contribution in [1.29, 1.82) is 0 Å². The van der Waals surface area contributed by atoms with Gasteiger partial charge >= 0.3 is 6.03 Å². The summed E-state index contributed by atoms with van der Waals surface area (Å²) < 4.78 is 0. The summed E-state index contributed by atoms with van der Waals surface area (Å²) in [5, 5.41) is 3.02. The van der Waals surface area contributed by atoms with E-state index in [9.17, 15) is 14.4 Å². The van der Waals surface area contributed by atoms with E-state index in [1.165, 1.54) is 10.5 Å². The highest BCUT2D eigenvalue weighted by molar-refractivity contribution is 6.07. The zero-order valence-corrected chi connectivity index (χ0v) is 17.1. The summed E-state index contributed by atoms with van der Waals surface area (Å²) in [5.41, 5.74) is 0.536. The molecule has 3 aliphatic heterocycles. The summed E-state index contributed by atoms with van der Waals surface area (Å²) in [7, 11) is 0. The Bertz CT molecular complexity index is 766. The number of benzene rings is 1. The van der Waals surface area contributed by atoms with E-state index >= 15 is 0 Å². The average Bonchev–Trinajstić information content (AvgIpc) is 2.95. The highest BCUT2D eigenvalue weighted by atomic mass is 16.2. The van der Waals surface area contributed by atoms with Crippen molar-refractivity contribution in [3.8, 4) is 0 Å². The summed E-state index contributed by atoms with van der Waals surface area (Å²) in [5.74, 6) is 0.309. The quantitative estimate of drug-likeness (QED) is 0.786. The van der Waals surface area contributed by atoms with Gasteiger partial charge in [0.05, 0.1) is 0 Å². The van der Waals surface area contributed by atoms with Crippen molar-refractivity contribution in [3.63, 3.8) is 0 Å². The monoisotopic (exact) mass is 398 g/mol. The van der Waals surface area contributed by atoms with E-state index in [4.69, 9.17) is 0 Å². The van der Waals surface area contributed by atoms with Crippen LogP contribution in [0.3, 0.4) is 0 Å². The minimum atomic E-state index is -0.732. The Labute approximate surface area is 172 Å². The zero-order chi connectivity index (χ0) is 20.4. The first-order valence-corrected chi connectivity index (χ1v) is 10.6. The molecule has 156 valence electrons. The number of imide groups is 1. The lowest BCUT2D eigenvalue weighted by atomic mass is 9.87. The van der Waals surface area contributed by atoms with Gasteiger partial charge in [-0.1, -0.05) is 30.3 Å². The number of carbonyl (C=O) groups is 3. The van der Waals surface area contributed by atoms with Gasteiger partial charge in [-0.15, -0.1) is 0 Å². The number of piperidine rings is 2. The Morgan fingerprint density at radius 1 is 1.07 bits per heavy atom. The average molecular weight is 399 g/mol. The van der Waals surface area contributed by atoms with Gasteiger partial charge in [0.2, 0.25) is 5.91 Å². The zero-order valence-electron chi connectivity index (χ0n) is 17.1. The van der Waals surface area contributed by atoms with E-state index < -0.39 is 5.54 Å². The molecule has 7 nitrogen and oxygen atoms in total. The SMILES string of the molecule is CC(=O)N1CCC(CN2C(=O)NC3(CCN(Cc4ccccc4)CC3)C2=O)CC1. The molecule has 7 heteroatoms. The van der Waals surface area contributed by atoms with Crippen molar-refractivity contribution in [2.75, 3.05) is 32.7 Å². The minimum absolute atomic E-state index is 0.0594. The molecule has 0 unspecified atom stereocenters. The van der Waals surface area contributed by atoms with Crippen LogP contribution in [0.5, 0.6) is 0 Å². The van der Waals surface area contributed by atoms with E-state index in [0.29, 0.717) is 32.5 Å². The highest BCUT2D eigenvalue weighted by Gasteiger charge is 2.52. The molecule has 3 aliphatic rings. The molecule has 1 aromatic carbocycles. The largest absolute Gasteiger partial charge is 0.343 e. The van der Waals surface area contributed by atoms with Gasteiger partial charge in [0.25, 0.3) is 5.91 Å². The number of nitrogens with one attached hydrogen (secondary N) is 1. The minimum Gasteiger partial charge on any atom is -0.343 e. The molecule has 0 atom stereocenters. The molecule has 4 rings (SSSR count). The Balaban J connectivity index is 1.32. The maximum atomic E-state index is 13.2. The number of nitrogens with zero attached hydrogens (tertiary/aromatic N) is 3. The second-order valence-electron chi connectivity index (χ2n) is 8.64. The van der Waals surface area contributed by atoms with Gasteiger partial charge in [0.1, 0.15) is 5.54 Å². The summed E-state index contributed by atoms with van der Waals surface area (Å²) in [4.78, 5) is 42.9. The molecule has 0 aliphatic carbocycles. The summed E-state index contributed by atoms with van der Waals surface area (Å²) in [6, 6.07) is 10.1. The molecule has 0 radical (unpaired) electrons. The van der Waals surface area contributed by atoms with Gasteiger partial charge in [0.15, 0.2) is 0 Å². The normalized spacial score (nSPS) is 22.9. The first-order valence-electron chi connectivity index (χ1n) is 10.6. The third-order valence-electron chi connectivity index (χ3n) is 6.71. The maximum Gasteiger partial charge on any atom is 0.325 e. The van der Waals surface area contributed by atoms with Crippen molar-refractivity contribution in [3.05, 3.63) is 35.9 Å². The summed E-state index contributed by atoms with van der Waals surface area (Å²) >= 11 is 0. The van der Waals surface area contributed by atoms with Crippen LogP contribution >= 0.6 is 0 Å². The number of hydrogen-bond acceptors (Lipinski definition) is 4. The Kier molecular flexibility index (Phi) is 5.58. The lowest BCUT2D eigenvalue weighted by Crippen LogP contribution is -2.54. The van der Waals surface area contributed by atoms with Gasteiger partial charge in [-0.25, -0.2) is 4.79 Å². The summed E-state index contributed by atoms with van der Waals surface area (Å²) in [6.45, 7) is 5.94. The molecular weight excluding hydrogens is 368 g/mol. The molecule has 1 aromatic rings. The molecule has 3 heterocycles. The number of rotatable bonds is 4. The van der Waals surface area contributed by atoms with Crippen molar-refractivity contribution in [2.24, 2.45) is 5.92 Å². The molecule has 1 N–H and O–H groups in total. The van der Waals surface area contributed by atoms with Crippen LogP contribution in [0.2, 0.25) is 0 Å². The van der Waals surface area contributed by atoms with Crippen LogP contribution in [0.15, 0.2) is 30.3 Å². The van der Waals surface area contributed by atoms with Gasteiger partial charge in [-0.2, -0.15) is 0 Å². The molecule has 0 bridgehead atoms. The molecule has 0 saturated carbocycles. The first kappa shape index (κ1) is 19.9. The number of amides is 4. The summed E-state index contributed by atoms with van der Waals surface area (Å²) in [6.07, 6.45) is 3.00. The Morgan fingerprint density at radius 2 is 1.72 bits per heavy atom. The highest BCUT2D eigenvalue weighted by Crippen LogP contribution is 2.31. The predicted octanol–water partition coefficient (Wildman–Crippen LogP) is 1.83. The fourth-order valence-electron chi connectivity index (χ4n) is 4.80. The van der Waals surface area contributed by atoms with E-state index in [1.807, 2.05) is 23.1 Å². The second-order valence-corrected chi connectivity index (χ2v) is 8.64. The van der Waals surface area contributed by atoms with Gasteiger partial charge < -0.3 is 10.2 Å². The van der Waals surface area contributed by atoms with Crippen molar-refractivity contribution in [2.45, 2.75) is 44.7 Å². The van der Waals surface area contributed by atoms with Crippen LogP contribution in [0.25, 0.3) is 0 Å². The Morgan fingerprint density at radius 3 is 2.34 bits per heavy atom. The number of carbonyl (C=O) groups excluding carboxylic acids is 3. The molecule has 3 saturated heterocycles. The van der Waals surface area contributed by atoms with Crippen LogP contribution in [-0.2, 0) is 16.1 Å². The van der Waals surface area contributed by atoms with Gasteiger partial charge in [-0.05, 0) is 37.2 Å². The van der Waals surface area contributed by atoms with E-state index in [1.54, 1.807) is 6.92 Å². The van der Waals surface area contributed by atoms with Crippen LogP contribution in [0.4, 0.5) is 4.79 Å². The van der Waals surface area contributed by atoms with E-state index in [2.05, 4.69) is 22.3 Å². The third kappa shape index (κ3) is 4.15. The molecular formula is C22H30N4O3. The fourth-order valence-corrected chi connectivity index (χ4v) is 4.80. The van der Waals surface area contributed by atoms with E-state index in [-0.39, 0.29) is 23.8 Å². The molecule has 1 spiro atoms. The molecule has 4 amide bonds. The fraction of sp³-hybridized carbons (Fsp3) is 0.591.